The normalized spacial score (nSPS) is 15.0. The van der Waals surface area contributed by atoms with E-state index in [2.05, 4.69) is 35.9 Å². The summed E-state index contributed by atoms with van der Waals surface area (Å²) in [7, 11) is 3.03. The topological polar surface area (TPSA) is 154 Å². The van der Waals surface area contributed by atoms with Crippen molar-refractivity contribution in [3.63, 3.8) is 0 Å². The Labute approximate surface area is 192 Å². The fourth-order valence-corrected chi connectivity index (χ4v) is 3.15. The maximum Gasteiger partial charge on any atom is 0.272 e. The predicted molar refractivity (Wildman–Crippen MR) is 124 cm³/mol. The third kappa shape index (κ3) is 6.62. The van der Waals surface area contributed by atoms with Gasteiger partial charge in [0.15, 0.2) is 5.69 Å². The fraction of sp³-hybridized carbons (Fsp3) is 0.409. The maximum atomic E-state index is 13.2. The van der Waals surface area contributed by atoms with Gasteiger partial charge in [0.05, 0.1) is 30.4 Å². The van der Waals surface area contributed by atoms with Crippen LogP contribution in [0.15, 0.2) is 35.8 Å². The number of nitrogens with zero attached hydrogens (tertiary/aromatic N) is 4. The van der Waals surface area contributed by atoms with Crippen molar-refractivity contribution in [2.24, 2.45) is 4.99 Å². The first-order valence-electron chi connectivity index (χ1n) is 10.6. The number of aliphatic imine (C=N–C) groups is 1. The van der Waals surface area contributed by atoms with E-state index in [-0.39, 0.29) is 17.4 Å². The van der Waals surface area contributed by atoms with Crippen molar-refractivity contribution < 1.29 is 14.3 Å². The van der Waals surface area contributed by atoms with Crippen LogP contribution in [0, 0.1) is 5.41 Å². The van der Waals surface area contributed by atoms with Crippen LogP contribution in [0.1, 0.15) is 41.9 Å². The Kier molecular flexibility index (Phi) is 8.14. The fourth-order valence-electron chi connectivity index (χ4n) is 3.15. The van der Waals surface area contributed by atoms with Gasteiger partial charge in [-0.15, -0.1) is 0 Å². The molecule has 0 aliphatic heterocycles. The average Bonchev–Trinajstić information content (AvgIpc) is 3.65. The summed E-state index contributed by atoms with van der Waals surface area (Å²) in [6, 6.07) is 2.35. The number of amides is 2. The summed E-state index contributed by atoms with van der Waals surface area (Å²) < 4.78 is 5.01. The number of aromatic nitrogens is 3. The molecule has 11 nitrogen and oxygen atoms in total. The molecule has 2 atom stereocenters. The highest BCUT2D eigenvalue weighted by Gasteiger charge is 2.29. The minimum absolute atomic E-state index is 0.152. The molecule has 2 unspecified atom stereocenters. The number of carbonyl (C=O) groups excluding carboxylic acids is 2. The van der Waals surface area contributed by atoms with Crippen molar-refractivity contribution in [1.29, 1.82) is 5.41 Å². The van der Waals surface area contributed by atoms with Crippen molar-refractivity contribution in [3.05, 3.63) is 42.2 Å². The van der Waals surface area contributed by atoms with E-state index in [1.165, 1.54) is 26.7 Å². The summed E-state index contributed by atoms with van der Waals surface area (Å²) in [5, 5.41) is 16.7. The van der Waals surface area contributed by atoms with E-state index in [0.29, 0.717) is 23.9 Å². The van der Waals surface area contributed by atoms with Gasteiger partial charge in [-0.1, -0.05) is 0 Å². The second-order valence-electron chi connectivity index (χ2n) is 7.76. The smallest absolute Gasteiger partial charge is 0.272 e. The summed E-state index contributed by atoms with van der Waals surface area (Å²) in [5.41, 5.74) is 1.69. The number of nitrogens with one attached hydrogen (secondary N) is 4. The molecule has 2 aromatic heterocycles. The molecule has 4 N–H and O–H groups in total. The molecular weight excluding hydrogens is 424 g/mol. The first-order chi connectivity index (χ1) is 15.9. The van der Waals surface area contributed by atoms with Gasteiger partial charge in [0, 0.05) is 38.0 Å². The van der Waals surface area contributed by atoms with Gasteiger partial charge < -0.3 is 20.7 Å². The summed E-state index contributed by atoms with van der Waals surface area (Å²) in [6.07, 6.45) is 7.97. The molecular formula is C22H28N8O3. The summed E-state index contributed by atoms with van der Waals surface area (Å²) >= 11 is 0. The molecule has 0 saturated heterocycles. The largest absolute Gasteiger partial charge is 0.383 e. The molecule has 3 rings (SSSR count). The third-order valence-corrected chi connectivity index (χ3v) is 4.90. The lowest BCUT2D eigenvalue weighted by atomic mass is 10.1. The van der Waals surface area contributed by atoms with Crippen molar-refractivity contribution in [3.8, 4) is 0 Å². The molecule has 1 saturated carbocycles. The summed E-state index contributed by atoms with van der Waals surface area (Å²) in [6.45, 7) is 2.06. The Balaban J connectivity index is 1.81. The van der Waals surface area contributed by atoms with Gasteiger partial charge in [0.2, 0.25) is 0 Å². The number of ether oxygens (including phenoxy) is 1. The highest BCUT2D eigenvalue weighted by Crippen LogP contribution is 2.39. The molecule has 1 aliphatic carbocycles. The lowest BCUT2D eigenvalue weighted by molar-refractivity contribution is -0.115. The molecule has 2 heterocycles. The molecule has 0 bridgehead atoms. The highest BCUT2D eigenvalue weighted by molar-refractivity contribution is 6.43. The Hall–Kier alpha value is -3.73. The summed E-state index contributed by atoms with van der Waals surface area (Å²) in [5.74, 6) is -0.821. The Morgan fingerprint density at radius 3 is 2.64 bits per heavy atom. The highest BCUT2D eigenvalue weighted by atomic mass is 16.5. The van der Waals surface area contributed by atoms with E-state index in [4.69, 9.17) is 10.1 Å². The number of anilines is 2. The van der Waals surface area contributed by atoms with E-state index in [9.17, 15) is 9.59 Å². The average molecular weight is 453 g/mol. The molecule has 0 radical (unpaired) electrons. The van der Waals surface area contributed by atoms with Gasteiger partial charge in [0.1, 0.15) is 18.1 Å². The van der Waals surface area contributed by atoms with Gasteiger partial charge in [-0.05, 0) is 31.9 Å². The second-order valence-corrected chi connectivity index (χ2v) is 7.76. The minimum Gasteiger partial charge on any atom is -0.383 e. The van der Waals surface area contributed by atoms with Crippen LogP contribution in [0.5, 0.6) is 0 Å². The molecule has 11 heteroatoms. The van der Waals surface area contributed by atoms with Gasteiger partial charge in [-0.25, -0.2) is 15.0 Å². The van der Waals surface area contributed by atoms with Crippen LogP contribution in [0.4, 0.5) is 11.4 Å². The van der Waals surface area contributed by atoms with Crippen LogP contribution in [-0.2, 0) is 9.53 Å². The molecule has 0 aromatic carbocycles. The summed E-state index contributed by atoms with van der Waals surface area (Å²) in [4.78, 5) is 42.1. The molecule has 33 heavy (non-hydrogen) atoms. The SMILES string of the molecule is CN=CC(NC(=O)c1nc(C2CC2)ccc1Nc1cncnc1)C(=N)C(=O)NC(C)COC. The van der Waals surface area contributed by atoms with Crippen molar-refractivity contribution in [2.75, 3.05) is 26.1 Å². The van der Waals surface area contributed by atoms with Crippen LogP contribution in [-0.4, -0.2) is 71.5 Å². The van der Waals surface area contributed by atoms with Crippen molar-refractivity contribution >= 4 is 35.1 Å². The lowest BCUT2D eigenvalue weighted by Crippen LogP contribution is -2.50. The van der Waals surface area contributed by atoms with Crippen molar-refractivity contribution in [2.45, 2.75) is 37.8 Å². The quantitative estimate of drug-likeness (QED) is 0.376. The first-order valence-corrected chi connectivity index (χ1v) is 10.6. The first kappa shape index (κ1) is 23.9. The van der Waals surface area contributed by atoms with E-state index >= 15 is 0 Å². The molecule has 1 aliphatic rings. The Morgan fingerprint density at radius 1 is 1.27 bits per heavy atom. The molecule has 174 valence electrons. The maximum absolute atomic E-state index is 13.2. The van der Waals surface area contributed by atoms with Gasteiger partial charge in [-0.3, -0.25) is 20.0 Å². The minimum atomic E-state index is -1.03. The monoisotopic (exact) mass is 452 g/mol. The van der Waals surface area contributed by atoms with E-state index < -0.39 is 17.9 Å². The van der Waals surface area contributed by atoms with Crippen molar-refractivity contribution in [1.82, 2.24) is 25.6 Å². The zero-order chi connectivity index (χ0) is 23.8. The van der Waals surface area contributed by atoms with Gasteiger partial charge in [-0.2, -0.15) is 0 Å². The Morgan fingerprint density at radius 2 is 2.00 bits per heavy atom. The van der Waals surface area contributed by atoms with Gasteiger partial charge >= 0.3 is 0 Å². The van der Waals surface area contributed by atoms with Crippen LogP contribution in [0.2, 0.25) is 0 Å². The van der Waals surface area contributed by atoms with Crippen LogP contribution >= 0.6 is 0 Å². The molecule has 1 fully saturated rings. The van der Waals surface area contributed by atoms with Gasteiger partial charge in [0.25, 0.3) is 11.8 Å². The van der Waals surface area contributed by atoms with E-state index in [0.717, 1.165) is 18.5 Å². The van der Waals surface area contributed by atoms with E-state index in [1.54, 1.807) is 25.4 Å². The van der Waals surface area contributed by atoms with Crippen LogP contribution < -0.4 is 16.0 Å². The number of hydrogen-bond donors (Lipinski definition) is 4. The zero-order valence-electron chi connectivity index (χ0n) is 18.8. The molecule has 2 amide bonds. The number of pyridine rings is 1. The molecule has 0 spiro atoms. The number of methoxy groups -OCH3 is 1. The van der Waals surface area contributed by atoms with Crippen LogP contribution in [0.3, 0.4) is 0 Å². The number of carbonyl (C=O) groups is 2. The lowest BCUT2D eigenvalue weighted by Gasteiger charge is -2.19. The number of rotatable bonds is 11. The van der Waals surface area contributed by atoms with E-state index in [1.807, 2.05) is 6.07 Å². The third-order valence-electron chi connectivity index (χ3n) is 4.90. The number of hydrogen-bond acceptors (Lipinski definition) is 9. The zero-order valence-corrected chi connectivity index (χ0v) is 18.8. The molecule has 2 aromatic rings. The standard InChI is InChI=1S/C22H28N8O3/c1-13(11-33-3)27-21(31)19(23)18(10-24-2)30-22(32)20-17(28-15-8-25-12-26-9-15)7-6-16(29-20)14-4-5-14/h6-10,12-14,18,23,28H,4-5,11H2,1-3H3,(H,27,31)(H,30,32). The Bertz CT molecular complexity index is 1020. The second kappa shape index (κ2) is 11.2. The van der Waals surface area contributed by atoms with Crippen LogP contribution in [0.25, 0.3) is 0 Å². The predicted octanol–water partition coefficient (Wildman–Crippen LogP) is 1.46.